The summed E-state index contributed by atoms with van der Waals surface area (Å²) in [4.78, 5) is 24.8. The van der Waals surface area contributed by atoms with Crippen LogP contribution in [-0.4, -0.2) is 22.0 Å². The number of rotatable bonds is 6. The number of carbonyl (C=O) groups excluding carboxylic acids is 1. The minimum Gasteiger partial charge on any atom is -0.481 e. The third kappa shape index (κ3) is 7.67. The van der Waals surface area contributed by atoms with Crippen LogP contribution in [0.1, 0.15) is 39.2 Å². The molecule has 0 aliphatic rings. The molecule has 1 aromatic heterocycles. The first-order valence-electron chi connectivity index (χ1n) is 9.53. The molecule has 0 spiro atoms. The van der Waals surface area contributed by atoms with Gasteiger partial charge < -0.3 is 10.8 Å². The van der Waals surface area contributed by atoms with Crippen molar-refractivity contribution in [3.63, 3.8) is 0 Å². The first kappa shape index (κ1) is 25.4. The van der Waals surface area contributed by atoms with E-state index in [1.807, 2.05) is 0 Å². The summed E-state index contributed by atoms with van der Waals surface area (Å²) in [5, 5.41) is 8.67. The van der Waals surface area contributed by atoms with Crippen molar-refractivity contribution in [2.24, 2.45) is 5.73 Å². The van der Waals surface area contributed by atoms with Crippen LogP contribution in [0.4, 0.5) is 22.0 Å². The molecule has 5 nitrogen and oxygen atoms in total. The summed E-state index contributed by atoms with van der Waals surface area (Å²) >= 11 is 0. The Morgan fingerprint density at radius 2 is 1.55 bits per heavy atom. The smallest absolute Gasteiger partial charge is 0.418 e. The number of hydrogen-bond donors (Lipinski definition) is 2. The van der Waals surface area contributed by atoms with Gasteiger partial charge in [0.25, 0.3) is 5.91 Å². The van der Waals surface area contributed by atoms with Gasteiger partial charge in [-0.15, -0.1) is 0 Å². The number of benzene rings is 2. The number of amides is 1. The Labute approximate surface area is 185 Å². The van der Waals surface area contributed by atoms with Gasteiger partial charge in [0, 0.05) is 19.0 Å². The quantitative estimate of drug-likeness (QED) is 0.512. The maximum absolute atomic E-state index is 12.9. The van der Waals surface area contributed by atoms with Crippen LogP contribution in [0.2, 0.25) is 0 Å². The first-order chi connectivity index (χ1) is 15.5. The number of primary amides is 1. The predicted molar refractivity (Wildman–Crippen MR) is 109 cm³/mol. The number of carboxylic acids is 1. The minimum atomic E-state index is -4.44. The van der Waals surface area contributed by atoms with Gasteiger partial charge in [-0.1, -0.05) is 30.3 Å². The van der Waals surface area contributed by atoms with Crippen LogP contribution in [0, 0.1) is 11.6 Å². The molecule has 1 heterocycles. The Balaban J connectivity index is 0.000000294. The Morgan fingerprint density at radius 1 is 0.939 bits per heavy atom. The van der Waals surface area contributed by atoms with Crippen LogP contribution < -0.4 is 5.73 Å². The number of aliphatic carboxylic acids is 1. The largest absolute Gasteiger partial charge is 0.481 e. The number of halogens is 5. The zero-order chi connectivity index (χ0) is 24.6. The highest BCUT2D eigenvalue weighted by Crippen LogP contribution is 2.31. The van der Waals surface area contributed by atoms with Crippen molar-refractivity contribution in [1.29, 1.82) is 0 Å². The fourth-order valence-corrected chi connectivity index (χ4v) is 2.91. The highest BCUT2D eigenvalue weighted by Gasteiger charge is 2.33. The van der Waals surface area contributed by atoms with E-state index in [1.165, 1.54) is 12.3 Å². The molecule has 0 fully saturated rings. The Kier molecular flexibility index (Phi) is 8.61. The van der Waals surface area contributed by atoms with Gasteiger partial charge in [0.15, 0.2) is 0 Å². The summed E-state index contributed by atoms with van der Waals surface area (Å²) in [6.45, 7) is 0. The zero-order valence-corrected chi connectivity index (χ0v) is 17.1. The van der Waals surface area contributed by atoms with Crippen molar-refractivity contribution in [2.45, 2.75) is 25.4 Å². The molecule has 3 rings (SSSR count). The van der Waals surface area contributed by atoms with Gasteiger partial charge in [-0.3, -0.25) is 14.6 Å². The van der Waals surface area contributed by atoms with Crippen molar-refractivity contribution < 1.29 is 36.6 Å². The van der Waals surface area contributed by atoms with E-state index in [-0.39, 0.29) is 18.5 Å². The van der Waals surface area contributed by atoms with Gasteiger partial charge in [0.05, 0.1) is 11.3 Å². The number of aromatic nitrogens is 1. The van der Waals surface area contributed by atoms with E-state index in [4.69, 9.17) is 10.8 Å². The number of alkyl halides is 3. The molecular formula is C23H19F5N2O3. The van der Waals surface area contributed by atoms with Crippen molar-refractivity contribution in [3.05, 3.63) is 100 Å². The average Bonchev–Trinajstić information content (AvgIpc) is 2.72. The minimum absolute atomic E-state index is 0.0131. The van der Waals surface area contributed by atoms with Gasteiger partial charge in [-0.05, 0) is 41.8 Å². The number of pyridine rings is 1. The molecular weight excluding hydrogens is 447 g/mol. The van der Waals surface area contributed by atoms with Crippen LogP contribution >= 0.6 is 0 Å². The van der Waals surface area contributed by atoms with Crippen LogP contribution in [-0.2, 0) is 23.8 Å². The molecule has 33 heavy (non-hydrogen) atoms. The zero-order valence-electron chi connectivity index (χ0n) is 17.1. The van der Waals surface area contributed by atoms with Gasteiger partial charge >= 0.3 is 12.1 Å². The van der Waals surface area contributed by atoms with Crippen molar-refractivity contribution in [2.75, 3.05) is 0 Å². The van der Waals surface area contributed by atoms with Crippen LogP contribution in [0.15, 0.2) is 60.8 Å². The fraction of sp³-hybridized carbons (Fsp3) is 0.174. The second-order valence-electron chi connectivity index (χ2n) is 6.85. The number of hydrogen-bond acceptors (Lipinski definition) is 3. The highest BCUT2D eigenvalue weighted by atomic mass is 19.4. The molecule has 2 aromatic carbocycles. The second kappa shape index (κ2) is 11.2. The lowest BCUT2D eigenvalue weighted by Crippen LogP contribution is -2.15. The molecule has 3 N–H and O–H groups in total. The summed E-state index contributed by atoms with van der Waals surface area (Å²) in [5.41, 5.74) is 4.68. The summed E-state index contributed by atoms with van der Waals surface area (Å²) in [5.74, 6) is -3.87. The number of carbonyl (C=O) groups is 2. The molecule has 0 aliphatic carbocycles. The van der Waals surface area contributed by atoms with Gasteiger partial charge in [-0.25, -0.2) is 8.78 Å². The maximum atomic E-state index is 12.9. The molecule has 0 saturated carbocycles. The van der Waals surface area contributed by atoms with E-state index in [0.29, 0.717) is 12.0 Å². The van der Waals surface area contributed by atoms with Gasteiger partial charge in [0.1, 0.15) is 17.2 Å². The summed E-state index contributed by atoms with van der Waals surface area (Å²) in [7, 11) is 0. The highest BCUT2D eigenvalue weighted by molar-refractivity contribution is 5.93. The van der Waals surface area contributed by atoms with Crippen LogP contribution in [0.5, 0.6) is 0 Å². The average molecular weight is 466 g/mol. The van der Waals surface area contributed by atoms with E-state index in [0.717, 1.165) is 29.8 Å². The lowest BCUT2D eigenvalue weighted by molar-refractivity contribution is -0.138. The van der Waals surface area contributed by atoms with Crippen molar-refractivity contribution in [1.82, 2.24) is 4.98 Å². The molecule has 0 aliphatic heterocycles. The predicted octanol–water partition coefficient (Wildman–Crippen LogP) is 4.77. The maximum Gasteiger partial charge on any atom is 0.418 e. The van der Waals surface area contributed by atoms with Gasteiger partial charge in [0.2, 0.25) is 0 Å². The molecule has 10 heteroatoms. The summed E-state index contributed by atoms with van der Waals surface area (Å²) in [6, 6.07) is 12.3. The second-order valence-corrected chi connectivity index (χ2v) is 6.85. The van der Waals surface area contributed by atoms with Crippen molar-refractivity contribution >= 4 is 11.9 Å². The summed E-state index contributed by atoms with van der Waals surface area (Å²) in [6.07, 6.45) is -2.72. The third-order valence-corrected chi connectivity index (χ3v) is 4.40. The SMILES string of the molecule is NC(=O)c1c(F)cccc1F.O=C(O)CCc1cccc(Cc2ncccc2C(F)(F)F)c1. The molecule has 0 saturated heterocycles. The third-order valence-electron chi connectivity index (χ3n) is 4.40. The number of nitrogens with zero attached hydrogens (tertiary/aromatic N) is 1. The first-order valence-corrected chi connectivity index (χ1v) is 9.53. The normalized spacial score (nSPS) is 10.8. The van der Waals surface area contributed by atoms with Crippen molar-refractivity contribution in [3.8, 4) is 0 Å². The lowest BCUT2D eigenvalue weighted by atomic mass is 10.0. The van der Waals surface area contributed by atoms with E-state index in [2.05, 4.69) is 4.98 Å². The van der Waals surface area contributed by atoms with E-state index >= 15 is 0 Å². The summed E-state index contributed by atoms with van der Waals surface area (Å²) < 4.78 is 63.9. The Bertz CT molecular complexity index is 1110. The molecule has 174 valence electrons. The van der Waals surface area contributed by atoms with Crippen LogP contribution in [0.25, 0.3) is 0 Å². The molecule has 3 aromatic rings. The molecule has 0 unspecified atom stereocenters. The molecule has 1 amide bonds. The Morgan fingerprint density at radius 3 is 2.09 bits per heavy atom. The van der Waals surface area contributed by atoms with Crippen LogP contribution in [0.3, 0.4) is 0 Å². The standard InChI is InChI=1S/C16H14F3NO2.C7H5F2NO/c17-16(18,19)13-5-2-8-20-14(13)10-12-4-1-3-11(9-12)6-7-15(21)22;8-4-2-1-3-5(9)6(4)7(10)11/h1-5,8-9H,6-7,10H2,(H,21,22);1-3H,(H2,10,11). The van der Waals surface area contributed by atoms with E-state index in [9.17, 15) is 31.5 Å². The lowest BCUT2D eigenvalue weighted by Gasteiger charge is -2.12. The van der Waals surface area contributed by atoms with E-state index in [1.54, 1.807) is 24.3 Å². The number of carboxylic acid groups (broad SMARTS) is 1. The molecule has 0 atom stereocenters. The van der Waals surface area contributed by atoms with E-state index < -0.39 is 40.8 Å². The topological polar surface area (TPSA) is 93.3 Å². The molecule has 0 radical (unpaired) electrons. The number of nitrogens with two attached hydrogens (primary N) is 1. The number of aryl methyl sites for hydroxylation is 1. The fourth-order valence-electron chi connectivity index (χ4n) is 2.91. The Hall–Kier alpha value is -3.82. The monoisotopic (exact) mass is 466 g/mol. The molecule has 0 bridgehead atoms. The van der Waals surface area contributed by atoms with Gasteiger partial charge in [-0.2, -0.15) is 13.2 Å².